The topological polar surface area (TPSA) is 67.3 Å². The van der Waals surface area contributed by atoms with Crippen molar-refractivity contribution in [1.82, 2.24) is 20.2 Å². The van der Waals surface area contributed by atoms with E-state index in [9.17, 15) is 9.18 Å². The van der Waals surface area contributed by atoms with Crippen LogP contribution in [0.2, 0.25) is 0 Å². The normalized spacial score (nSPS) is 20.2. The zero-order chi connectivity index (χ0) is 18.8. The van der Waals surface area contributed by atoms with Gasteiger partial charge in [-0.2, -0.15) is 0 Å². The Hall–Kier alpha value is -2.54. The molecule has 2 aliphatic heterocycles. The first-order valence-corrected chi connectivity index (χ1v) is 9.36. The van der Waals surface area contributed by atoms with Gasteiger partial charge in [0.2, 0.25) is 0 Å². The lowest BCUT2D eigenvalue weighted by atomic mass is 10.0. The minimum absolute atomic E-state index is 0.117. The highest BCUT2D eigenvalue weighted by Crippen LogP contribution is 2.23. The molecule has 1 aromatic heterocycles. The number of halogens is 1. The Morgan fingerprint density at radius 1 is 1.44 bits per heavy atom. The van der Waals surface area contributed by atoms with Crippen LogP contribution in [0.3, 0.4) is 0 Å². The van der Waals surface area contributed by atoms with Crippen LogP contribution < -0.4 is 10.1 Å². The number of carbonyl (C=O) groups is 1. The summed E-state index contributed by atoms with van der Waals surface area (Å²) in [4.78, 5) is 23.8. The largest absolute Gasteiger partial charge is 0.481 e. The van der Waals surface area contributed by atoms with Crippen LogP contribution in [0.25, 0.3) is 0 Å². The van der Waals surface area contributed by atoms with Crippen molar-refractivity contribution in [3.05, 3.63) is 53.4 Å². The van der Waals surface area contributed by atoms with Gasteiger partial charge in [-0.25, -0.2) is 14.4 Å². The van der Waals surface area contributed by atoms with Crippen molar-refractivity contribution < 1.29 is 13.9 Å². The standard InChI is InChI=1S/C20H23FN4O2/c1-13(27-17-4-2-3-16(21)9-17)20(26)25-8-6-18-15(12-25)11-23-19(24-18)14-5-7-22-10-14/h2-4,9,11,13-14,22H,5-8,10,12H2,1H3/t13-,14+/m0/s1. The van der Waals surface area contributed by atoms with Gasteiger partial charge in [0.1, 0.15) is 17.4 Å². The van der Waals surface area contributed by atoms with Crippen LogP contribution in [0.15, 0.2) is 30.5 Å². The Bertz CT molecular complexity index is 838. The summed E-state index contributed by atoms with van der Waals surface area (Å²) in [5.74, 6) is 1.14. The van der Waals surface area contributed by atoms with Crippen molar-refractivity contribution in [3.8, 4) is 5.75 Å². The SMILES string of the molecule is C[C@H](Oc1cccc(F)c1)C(=O)N1CCc2nc([C@@H]3CCNC3)ncc2C1. The minimum Gasteiger partial charge on any atom is -0.481 e. The van der Waals surface area contributed by atoms with E-state index in [1.54, 1.807) is 24.0 Å². The molecule has 1 amide bonds. The highest BCUT2D eigenvalue weighted by atomic mass is 19.1. The molecule has 6 nitrogen and oxygen atoms in total. The monoisotopic (exact) mass is 370 g/mol. The third kappa shape index (κ3) is 3.93. The van der Waals surface area contributed by atoms with E-state index in [1.807, 2.05) is 6.20 Å². The summed E-state index contributed by atoms with van der Waals surface area (Å²) in [7, 11) is 0. The van der Waals surface area contributed by atoms with E-state index in [0.29, 0.717) is 31.2 Å². The summed E-state index contributed by atoms with van der Waals surface area (Å²) in [6, 6.07) is 5.83. The van der Waals surface area contributed by atoms with Gasteiger partial charge in [0.05, 0.1) is 5.69 Å². The van der Waals surface area contributed by atoms with Gasteiger partial charge in [0.25, 0.3) is 5.91 Å². The smallest absolute Gasteiger partial charge is 0.263 e. The van der Waals surface area contributed by atoms with E-state index < -0.39 is 6.10 Å². The van der Waals surface area contributed by atoms with Crippen molar-refractivity contribution in [2.75, 3.05) is 19.6 Å². The van der Waals surface area contributed by atoms with E-state index in [2.05, 4.69) is 10.3 Å². The van der Waals surface area contributed by atoms with E-state index in [0.717, 1.165) is 36.6 Å². The van der Waals surface area contributed by atoms with E-state index in [1.165, 1.54) is 12.1 Å². The molecule has 2 aromatic rings. The second kappa shape index (κ2) is 7.60. The van der Waals surface area contributed by atoms with E-state index in [-0.39, 0.29) is 11.7 Å². The van der Waals surface area contributed by atoms with Crippen molar-refractivity contribution in [1.29, 1.82) is 0 Å². The van der Waals surface area contributed by atoms with Crippen molar-refractivity contribution in [2.24, 2.45) is 0 Å². The quantitative estimate of drug-likeness (QED) is 0.892. The number of nitrogens with zero attached hydrogens (tertiary/aromatic N) is 3. The first-order valence-electron chi connectivity index (χ1n) is 9.36. The van der Waals surface area contributed by atoms with Gasteiger partial charge in [-0.1, -0.05) is 6.07 Å². The first kappa shape index (κ1) is 17.9. The molecule has 1 saturated heterocycles. The van der Waals surface area contributed by atoms with Crippen LogP contribution >= 0.6 is 0 Å². The molecular formula is C20H23FN4O2. The number of fused-ring (bicyclic) bond motifs is 1. The molecule has 27 heavy (non-hydrogen) atoms. The third-order valence-electron chi connectivity index (χ3n) is 5.15. The molecule has 0 radical (unpaired) electrons. The number of aromatic nitrogens is 2. The number of hydrogen-bond donors (Lipinski definition) is 1. The third-order valence-corrected chi connectivity index (χ3v) is 5.15. The molecule has 0 aliphatic carbocycles. The Kier molecular flexibility index (Phi) is 5.03. The molecule has 7 heteroatoms. The predicted molar refractivity (Wildman–Crippen MR) is 97.9 cm³/mol. The molecule has 3 heterocycles. The molecule has 1 fully saturated rings. The number of benzene rings is 1. The zero-order valence-corrected chi connectivity index (χ0v) is 15.3. The summed E-state index contributed by atoms with van der Waals surface area (Å²) in [6.45, 7) is 4.71. The summed E-state index contributed by atoms with van der Waals surface area (Å²) < 4.78 is 18.9. The lowest BCUT2D eigenvalue weighted by molar-refractivity contribution is -0.138. The number of nitrogens with one attached hydrogen (secondary N) is 1. The highest BCUT2D eigenvalue weighted by molar-refractivity contribution is 5.81. The number of ether oxygens (including phenoxy) is 1. The molecule has 142 valence electrons. The summed E-state index contributed by atoms with van der Waals surface area (Å²) >= 11 is 0. The van der Waals surface area contributed by atoms with Crippen LogP contribution in [-0.4, -0.2) is 46.5 Å². The fourth-order valence-electron chi connectivity index (χ4n) is 3.64. The number of carbonyl (C=O) groups excluding carboxylic acids is 1. The van der Waals surface area contributed by atoms with Gasteiger partial charge in [0, 0.05) is 49.8 Å². The Morgan fingerprint density at radius 2 is 2.33 bits per heavy atom. The van der Waals surface area contributed by atoms with E-state index in [4.69, 9.17) is 9.72 Å². The minimum atomic E-state index is -0.682. The van der Waals surface area contributed by atoms with Crippen molar-refractivity contribution in [2.45, 2.75) is 38.3 Å². The zero-order valence-electron chi connectivity index (χ0n) is 15.3. The molecule has 2 atom stereocenters. The van der Waals surface area contributed by atoms with Crippen molar-refractivity contribution in [3.63, 3.8) is 0 Å². The summed E-state index contributed by atoms with van der Waals surface area (Å²) in [5.41, 5.74) is 2.02. The summed E-state index contributed by atoms with van der Waals surface area (Å²) in [5, 5.41) is 3.34. The maximum atomic E-state index is 13.3. The van der Waals surface area contributed by atoms with Gasteiger partial charge >= 0.3 is 0 Å². The number of hydrogen-bond acceptors (Lipinski definition) is 5. The van der Waals surface area contributed by atoms with Gasteiger partial charge in [-0.3, -0.25) is 4.79 Å². The molecule has 2 aliphatic rings. The van der Waals surface area contributed by atoms with Crippen LogP contribution in [0.4, 0.5) is 4.39 Å². The van der Waals surface area contributed by atoms with Crippen LogP contribution in [0.5, 0.6) is 5.75 Å². The second-order valence-electron chi connectivity index (χ2n) is 7.12. The van der Waals surface area contributed by atoms with Crippen molar-refractivity contribution >= 4 is 5.91 Å². The molecule has 0 bridgehead atoms. The van der Waals surface area contributed by atoms with Gasteiger partial charge in [-0.05, 0) is 32.0 Å². The Balaban J connectivity index is 1.41. The molecule has 0 spiro atoms. The van der Waals surface area contributed by atoms with Crippen LogP contribution in [-0.2, 0) is 17.8 Å². The highest BCUT2D eigenvalue weighted by Gasteiger charge is 2.28. The Labute approximate surface area is 157 Å². The molecule has 0 unspecified atom stereocenters. The average Bonchev–Trinajstić information content (AvgIpc) is 3.21. The molecule has 1 aromatic carbocycles. The van der Waals surface area contributed by atoms with Gasteiger partial charge in [0.15, 0.2) is 6.10 Å². The lowest BCUT2D eigenvalue weighted by Crippen LogP contribution is -2.43. The maximum Gasteiger partial charge on any atom is 0.263 e. The summed E-state index contributed by atoms with van der Waals surface area (Å²) in [6.07, 6.45) is 2.95. The fourth-order valence-corrected chi connectivity index (χ4v) is 3.64. The molecule has 1 N–H and O–H groups in total. The van der Waals surface area contributed by atoms with Crippen LogP contribution in [0, 0.1) is 5.82 Å². The molecular weight excluding hydrogens is 347 g/mol. The number of rotatable bonds is 4. The number of amides is 1. The van der Waals surface area contributed by atoms with Crippen LogP contribution in [0.1, 0.15) is 36.3 Å². The van der Waals surface area contributed by atoms with Gasteiger partial charge in [-0.15, -0.1) is 0 Å². The first-order chi connectivity index (χ1) is 13.1. The van der Waals surface area contributed by atoms with Gasteiger partial charge < -0.3 is 15.0 Å². The molecule has 0 saturated carbocycles. The fraction of sp³-hybridized carbons (Fsp3) is 0.450. The average molecular weight is 370 g/mol. The lowest BCUT2D eigenvalue weighted by Gasteiger charge is -2.30. The van der Waals surface area contributed by atoms with E-state index >= 15 is 0 Å². The Morgan fingerprint density at radius 3 is 3.11 bits per heavy atom. The molecule has 4 rings (SSSR count). The maximum absolute atomic E-state index is 13.3. The predicted octanol–water partition coefficient (Wildman–Crippen LogP) is 2.04. The second-order valence-corrected chi connectivity index (χ2v) is 7.12.